The number of hydrogen-bond acceptors (Lipinski definition) is 3. The first-order valence-corrected chi connectivity index (χ1v) is 6.36. The lowest BCUT2D eigenvalue weighted by atomic mass is 10.1. The number of anilines is 1. The molecule has 88 valence electrons. The molecule has 1 atom stereocenters. The van der Waals surface area contributed by atoms with Crippen molar-refractivity contribution in [3.8, 4) is 0 Å². The van der Waals surface area contributed by atoms with Gasteiger partial charge in [-0.25, -0.2) is 0 Å². The summed E-state index contributed by atoms with van der Waals surface area (Å²) >= 11 is 3.52. The van der Waals surface area contributed by atoms with Crippen LogP contribution >= 0.6 is 15.9 Å². The molecule has 3 nitrogen and oxygen atoms in total. The fourth-order valence-corrected chi connectivity index (χ4v) is 2.56. The highest BCUT2D eigenvalue weighted by atomic mass is 79.9. The zero-order valence-corrected chi connectivity index (χ0v) is 10.8. The van der Waals surface area contributed by atoms with Gasteiger partial charge in [0.2, 0.25) is 0 Å². The van der Waals surface area contributed by atoms with Gasteiger partial charge in [-0.1, -0.05) is 12.1 Å². The smallest absolute Gasteiger partial charge is 0.0471 e. The molecular formula is C12H17BrN2O. The number of likely N-dealkylation sites (tertiary alicyclic amines) is 1. The third kappa shape index (κ3) is 2.56. The first-order valence-electron chi connectivity index (χ1n) is 5.56. The number of hydrogen-bond donors (Lipinski definition) is 2. The average molecular weight is 285 g/mol. The van der Waals surface area contributed by atoms with Crippen LogP contribution in [0.4, 0.5) is 5.69 Å². The fraction of sp³-hybridized carbons (Fsp3) is 0.500. The van der Waals surface area contributed by atoms with E-state index in [1.165, 1.54) is 5.56 Å². The number of benzene rings is 1. The van der Waals surface area contributed by atoms with Crippen molar-refractivity contribution < 1.29 is 5.11 Å². The highest BCUT2D eigenvalue weighted by Crippen LogP contribution is 2.26. The lowest BCUT2D eigenvalue weighted by Crippen LogP contribution is -2.21. The minimum atomic E-state index is 0.300. The summed E-state index contributed by atoms with van der Waals surface area (Å²) in [4.78, 5) is 2.36. The number of nitrogens with two attached hydrogens (primary N) is 1. The van der Waals surface area contributed by atoms with Gasteiger partial charge in [0, 0.05) is 29.9 Å². The summed E-state index contributed by atoms with van der Waals surface area (Å²) in [6.07, 6.45) is 1.09. The molecule has 1 heterocycles. The Hall–Kier alpha value is -0.580. The van der Waals surface area contributed by atoms with Crippen molar-refractivity contribution in [1.82, 2.24) is 4.90 Å². The van der Waals surface area contributed by atoms with E-state index in [1.54, 1.807) is 0 Å². The molecule has 1 aliphatic heterocycles. The Bertz CT molecular complexity index is 370. The van der Waals surface area contributed by atoms with Gasteiger partial charge >= 0.3 is 0 Å². The van der Waals surface area contributed by atoms with Gasteiger partial charge in [0.05, 0.1) is 0 Å². The summed E-state index contributed by atoms with van der Waals surface area (Å²) in [6, 6.07) is 5.97. The van der Waals surface area contributed by atoms with Gasteiger partial charge in [-0.15, -0.1) is 0 Å². The lowest BCUT2D eigenvalue weighted by Gasteiger charge is -2.17. The Kier molecular flexibility index (Phi) is 3.84. The van der Waals surface area contributed by atoms with Gasteiger partial charge in [-0.05, 0) is 46.4 Å². The summed E-state index contributed by atoms with van der Waals surface area (Å²) in [5.74, 6) is 0.444. The Balaban J connectivity index is 2.02. The van der Waals surface area contributed by atoms with E-state index in [4.69, 9.17) is 10.8 Å². The van der Waals surface area contributed by atoms with E-state index in [9.17, 15) is 0 Å². The van der Waals surface area contributed by atoms with E-state index < -0.39 is 0 Å². The number of rotatable bonds is 3. The molecule has 0 spiro atoms. The average Bonchev–Trinajstić information content (AvgIpc) is 2.73. The van der Waals surface area contributed by atoms with E-state index in [2.05, 4.69) is 26.9 Å². The number of aliphatic hydroxyl groups excluding tert-OH is 1. The lowest BCUT2D eigenvalue weighted by molar-refractivity contribution is 0.220. The van der Waals surface area contributed by atoms with Crippen LogP contribution in [-0.2, 0) is 6.54 Å². The second-order valence-electron chi connectivity index (χ2n) is 4.39. The number of aliphatic hydroxyl groups is 1. The quantitative estimate of drug-likeness (QED) is 0.833. The number of nitrogen functional groups attached to an aromatic ring is 1. The standard InChI is InChI=1S/C12H17BrN2O/c13-12-10(2-1-3-11(12)14)7-15-5-4-9(6-15)8-16/h1-3,9,16H,4-8,14H2. The topological polar surface area (TPSA) is 49.5 Å². The zero-order chi connectivity index (χ0) is 11.5. The molecule has 4 heteroatoms. The maximum absolute atomic E-state index is 9.09. The van der Waals surface area contributed by atoms with E-state index in [-0.39, 0.29) is 0 Å². The fourth-order valence-electron chi connectivity index (χ4n) is 2.17. The van der Waals surface area contributed by atoms with Gasteiger partial charge in [0.1, 0.15) is 0 Å². The van der Waals surface area contributed by atoms with E-state index in [0.29, 0.717) is 12.5 Å². The second-order valence-corrected chi connectivity index (χ2v) is 5.19. The van der Waals surface area contributed by atoms with Crippen molar-refractivity contribution in [2.45, 2.75) is 13.0 Å². The van der Waals surface area contributed by atoms with Crippen LogP contribution in [0.2, 0.25) is 0 Å². The minimum absolute atomic E-state index is 0.300. The van der Waals surface area contributed by atoms with Crippen LogP contribution in [0.5, 0.6) is 0 Å². The molecule has 3 N–H and O–H groups in total. The van der Waals surface area contributed by atoms with Crippen LogP contribution in [0.25, 0.3) is 0 Å². The Morgan fingerprint density at radius 3 is 3.00 bits per heavy atom. The van der Waals surface area contributed by atoms with Crippen molar-refractivity contribution in [3.05, 3.63) is 28.2 Å². The highest BCUT2D eigenvalue weighted by Gasteiger charge is 2.22. The summed E-state index contributed by atoms with van der Waals surface area (Å²) in [6.45, 7) is 3.25. The Labute approximate surface area is 104 Å². The molecule has 1 fully saturated rings. The molecule has 0 amide bonds. The second kappa shape index (κ2) is 5.17. The Morgan fingerprint density at radius 1 is 1.50 bits per heavy atom. The maximum atomic E-state index is 9.09. The molecule has 2 rings (SSSR count). The maximum Gasteiger partial charge on any atom is 0.0471 e. The summed E-state index contributed by atoms with van der Waals surface area (Å²) in [5.41, 5.74) is 7.85. The third-order valence-corrected chi connectivity index (χ3v) is 4.10. The highest BCUT2D eigenvalue weighted by molar-refractivity contribution is 9.10. The predicted molar refractivity (Wildman–Crippen MR) is 69.0 cm³/mol. The molecule has 0 saturated carbocycles. The van der Waals surface area contributed by atoms with Gasteiger partial charge in [0.25, 0.3) is 0 Å². The van der Waals surface area contributed by atoms with Gasteiger partial charge in [0.15, 0.2) is 0 Å². The van der Waals surface area contributed by atoms with Gasteiger partial charge < -0.3 is 10.8 Å². The molecule has 0 radical (unpaired) electrons. The largest absolute Gasteiger partial charge is 0.398 e. The number of halogens is 1. The van der Waals surface area contributed by atoms with Gasteiger partial charge in [-0.3, -0.25) is 4.90 Å². The minimum Gasteiger partial charge on any atom is -0.398 e. The third-order valence-electron chi connectivity index (χ3n) is 3.13. The summed E-state index contributed by atoms with van der Waals surface area (Å²) in [7, 11) is 0. The molecule has 16 heavy (non-hydrogen) atoms. The van der Waals surface area contributed by atoms with Crippen molar-refractivity contribution in [1.29, 1.82) is 0 Å². The van der Waals surface area contributed by atoms with Crippen molar-refractivity contribution >= 4 is 21.6 Å². The summed E-state index contributed by atoms with van der Waals surface area (Å²) < 4.78 is 1.00. The van der Waals surface area contributed by atoms with Gasteiger partial charge in [-0.2, -0.15) is 0 Å². The number of nitrogens with zero attached hydrogens (tertiary/aromatic N) is 1. The molecule has 1 aliphatic rings. The van der Waals surface area contributed by atoms with Crippen LogP contribution in [0.15, 0.2) is 22.7 Å². The molecule has 1 aromatic rings. The van der Waals surface area contributed by atoms with E-state index in [1.807, 2.05) is 12.1 Å². The van der Waals surface area contributed by atoms with Crippen LogP contribution in [0.1, 0.15) is 12.0 Å². The summed E-state index contributed by atoms with van der Waals surface area (Å²) in [5, 5.41) is 9.09. The molecular weight excluding hydrogens is 268 g/mol. The molecule has 0 aliphatic carbocycles. The molecule has 0 aromatic heterocycles. The Morgan fingerprint density at radius 2 is 2.31 bits per heavy atom. The zero-order valence-electron chi connectivity index (χ0n) is 9.19. The van der Waals surface area contributed by atoms with Crippen LogP contribution in [-0.4, -0.2) is 29.7 Å². The van der Waals surface area contributed by atoms with Crippen molar-refractivity contribution in [3.63, 3.8) is 0 Å². The first kappa shape index (κ1) is 11.9. The van der Waals surface area contributed by atoms with Crippen molar-refractivity contribution in [2.75, 3.05) is 25.4 Å². The molecule has 1 saturated heterocycles. The monoisotopic (exact) mass is 284 g/mol. The van der Waals surface area contributed by atoms with E-state index >= 15 is 0 Å². The van der Waals surface area contributed by atoms with Crippen LogP contribution in [0.3, 0.4) is 0 Å². The first-order chi connectivity index (χ1) is 7.70. The van der Waals surface area contributed by atoms with Crippen LogP contribution in [0, 0.1) is 5.92 Å². The molecule has 1 aromatic carbocycles. The van der Waals surface area contributed by atoms with Crippen molar-refractivity contribution in [2.24, 2.45) is 5.92 Å². The predicted octanol–water partition coefficient (Wildman–Crippen LogP) is 1.85. The van der Waals surface area contributed by atoms with Crippen LogP contribution < -0.4 is 5.73 Å². The SMILES string of the molecule is Nc1cccc(CN2CCC(CO)C2)c1Br. The molecule has 0 bridgehead atoms. The van der Waals surface area contributed by atoms with E-state index in [0.717, 1.165) is 36.2 Å². The normalized spacial score (nSPS) is 21.5. The molecule has 1 unspecified atom stereocenters.